The van der Waals surface area contributed by atoms with Gasteiger partial charge in [0.2, 0.25) is 0 Å². The van der Waals surface area contributed by atoms with Gasteiger partial charge in [-0.1, -0.05) is 42.5 Å². The van der Waals surface area contributed by atoms with Gasteiger partial charge in [0.25, 0.3) is 0 Å². The molecule has 2 aromatic carbocycles. The molecule has 0 aliphatic heterocycles. The summed E-state index contributed by atoms with van der Waals surface area (Å²) in [6, 6.07) is 21.8. The normalized spacial score (nSPS) is 10.7. The molecule has 0 fully saturated rings. The number of benzene rings is 2. The standard InChI is InChI=1S/C23H26N4O2.HI/c1-24-23(27-16-20-10-6-7-13-25-20)26-15-19-11-12-21(22(14-19)28-2)29-17-18-8-4-3-5-9-18;/h3-14H,15-17H2,1-2H3,(H2,24,26,27);1H. The van der Waals surface area contributed by atoms with Crippen molar-refractivity contribution in [2.24, 2.45) is 4.99 Å². The Bertz CT molecular complexity index is 921. The number of hydrogen-bond donors (Lipinski definition) is 2. The molecule has 0 unspecified atom stereocenters. The number of nitrogens with one attached hydrogen (secondary N) is 2. The van der Waals surface area contributed by atoms with Crippen LogP contribution >= 0.6 is 24.0 Å². The number of guanidine groups is 1. The SMILES string of the molecule is CN=C(NCc1ccc(OCc2ccccc2)c(OC)c1)NCc1ccccn1.I. The van der Waals surface area contributed by atoms with Crippen LogP contribution in [0.5, 0.6) is 11.5 Å². The highest BCUT2D eigenvalue weighted by Crippen LogP contribution is 2.28. The minimum absolute atomic E-state index is 0. The fraction of sp³-hybridized carbons (Fsp3) is 0.217. The van der Waals surface area contributed by atoms with E-state index in [0.717, 1.165) is 22.6 Å². The van der Waals surface area contributed by atoms with Crippen LogP contribution < -0.4 is 20.1 Å². The van der Waals surface area contributed by atoms with Crippen LogP contribution in [-0.4, -0.2) is 25.1 Å². The highest BCUT2D eigenvalue weighted by Gasteiger charge is 2.07. The highest BCUT2D eigenvalue weighted by molar-refractivity contribution is 14.0. The Hall–Kier alpha value is -2.81. The second kappa shape index (κ2) is 12.7. The fourth-order valence-electron chi connectivity index (χ4n) is 2.76. The Kier molecular flexibility index (Phi) is 9.93. The van der Waals surface area contributed by atoms with Gasteiger partial charge in [-0.3, -0.25) is 9.98 Å². The molecule has 0 atom stereocenters. The van der Waals surface area contributed by atoms with Crippen molar-refractivity contribution in [1.29, 1.82) is 0 Å². The van der Waals surface area contributed by atoms with Crippen LogP contribution in [0.1, 0.15) is 16.8 Å². The number of hydrogen-bond acceptors (Lipinski definition) is 4. The molecule has 3 rings (SSSR count). The van der Waals surface area contributed by atoms with E-state index in [0.29, 0.717) is 31.4 Å². The van der Waals surface area contributed by atoms with Gasteiger partial charge < -0.3 is 20.1 Å². The van der Waals surface area contributed by atoms with E-state index in [2.05, 4.69) is 20.6 Å². The fourth-order valence-corrected chi connectivity index (χ4v) is 2.76. The molecule has 0 spiro atoms. The maximum absolute atomic E-state index is 5.91. The summed E-state index contributed by atoms with van der Waals surface area (Å²) in [6.07, 6.45) is 1.78. The van der Waals surface area contributed by atoms with E-state index in [1.54, 1.807) is 20.4 Å². The van der Waals surface area contributed by atoms with E-state index in [4.69, 9.17) is 9.47 Å². The summed E-state index contributed by atoms with van der Waals surface area (Å²) in [6.45, 7) is 1.71. The van der Waals surface area contributed by atoms with Crippen LogP contribution in [0.25, 0.3) is 0 Å². The van der Waals surface area contributed by atoms with Crippen molar-refractivity contribution in [3.8, 4) is 11.5 Å². The van der Waals surface area contributed by atoms with Crippen molar-refractivity contribution < 1.29 is 9.47 Å². The summed E-state index contributed by atoms with van der Waals surface area (Å²) in [5.74, 6) is 2.13. The minimum atomic E-state index is 0. The van der Waals surface area contributed by atoms with Gasteiger partial charge in [0.05, 0.1) is 19.3 Å². The van der Waals surface area contributed by atoms with E-state index in [9.17, 15) is 0 Å². The third-order valence-electron chi connectivity index (χ3n) is 4.31. The zero-order valence-electron chi connectivity index (χ0n) is 17.2. The van der Waals surface area contributed by atoms with Gasteiger partial charge >= 0.3 is 0 Å². The van der Waals surface area contributed by atoms with E-state index >= 15 is 0 Å². The maximum Gasteiger partial charge on any atom is 0.191 e. The smallest absolute Gasteiger partial charge is 0.191 e. The van der Waals surface area contributed by atoms with Gasteiger partial charge in [-0.25, -0.2) is 0 Å². The number of methoxy groups -OCH3 is 1. The Balaban J connectivity index is 0.00000320. The molecule has 30 heavy (non-hydrogen) atoms. The van der Waals surface area contributed by atoms with E-state index in [1.165, 1.54) is 0 Å². The quantitative estimate of drug-likeness (QED) is 0.267. The summed E-state index contributed by atoms with van der Waals surface area (Å²) >= 11 is 0. The Morgan fingerprint density at radius 2 is 1.67 bits per heavy atom. The first-order valence-corrected chi connectivity index (χ1v) is 9.46. The van der Waals surface area contributed by atoms with Crippen LogP contribution in [0, 0.1) is 0 Å². The molecule has 0 radical (unpaired) electrons. The Morgan fingerprint density at radius 3 is 2.37 bits per heavy atom. The van der Waals surface area contributed by atoms with Gasteiger partial charge in [0.1, 0.15) is 6.61 Å². The summed E-state index contributed by atoms with van der Waals surface area (Å²) in [5, 5.41) is 6.55. The summed E-state index contributed by atoms with van der Waals surface area (Å²) < 4.78 is 11.4. The van der Waals surface area contributed by atoms with Gasteiger partial charge in [0.15, 0.2) is 17.5 Å². The topological polar surface area (TPSA) is 67.8 Å². The summed E-state index contributed by atoms with van der Waals surface area (Å²) in [5.41, 5.74) is 3.13. The molecule has 1 aromatic heterocycles. The zero-order chi connectivity index (χ0) is 20.3. The van der Waals surface area contributed by atoms with Gasteiger partial charge in [-0.15, -0.1) is 24.0 Å². The molecule has 2 N–H and O–H groups in total. The maximum atomic E-state index is 5.91. The van der Waals surface area contributed by atoms with Crippen LogP contribution in [0.15, 0.2) is 77.9 Å². The van der Waals surface area contributed by atoms with Crippen molar-refractivity contribution in [2.75, 3.05) is 14.2 Å². The molecule has 0 saturated carbocycles. The Labute approximate surface area is 194 Å². The average Bonchev–Trinajstić information content (AvgIpc) is 2.79. The predicted molar refractivity (Wildman–Crippen MR) is 130 cm³/mol. The number of halogens is 1. The highest BCUT2D eigenvalue weighted by atomic mass is 127. The third-order valence-corrected chi connectivity index (χ3v) is 4.31. The Morgan fingerprint density at radius 1 is 0.900 bits per heavy atom. The first kappa shape index (κ1) is 23.5. The molecule has 158 valence electrons. The zero-order valence-corrected chi connectivity index (χ0v) is 19.5. The number of rotatable bonds is 8. The number of aliphatic imine (C=N–C) groups is 1. The second-order valence-electron chi connectivity index (χ2n) is 6.36. The van der Waals surface area contributed by atoms with Crippen LogP contribution in [0.4, 0.5) is 0 Å². The van der Waals surface area contributed by atoms with Crippen molar-refractivity contribution in [3.05, 3.63) is 89.7 Å². The molecule has 1 heterocycles. The van der Waals surface area contributed by atoms with Crippen LogP contribution in [-0.2, 0) is 19.7 Å². The monoisotopic (exact) mass is 518 g/mol. The molecule has 3 aromatic rings. The lowest BCUT2D eigenvalue weighted by Gasteiger charge is -2.14. The number of ether oxygens (including phenoxy) is 2. The molecule has 0 aliphatic rings. The second-order valence-corrected chi connectivity index (χ2v) is 6.36. The molecule has 0 amide bonds. The summed E-state index contributed by atoms with van der Waals surface area (Å²) in [4.78, 5) is 8.55. The first-order valence-electron chi connectivity index (χ1n) is 9.46. The van der Waals surface area contributed by atoms with Crippen molar-refractivity contribution >= 4 is 29.9 Å². The summed E-state index contributed by atoms with van der Waals surface area (Å²) in [7, 11) is 3.39. The molecule has 6 nitrogen and oxygen atoms in total. The molecule has 7 heteroatoms. The molecule has 0 aliphatic carbocycles. The molecule has 0 bridgehead atoms. The van der Waals surface area contributed by atoms with E-state index in [1.807, 2.05) is 66.7 Å². The van der Waals surface area contributed by atoms with Crippen molar-refractivity contribution in [3.63, 3.8) is 0 Å². The third kappa shape index (κ3) is 7.22. The van der Waals surface area contributed by atoms with E-state index in [-0.39, 0.29) is 24.0 Å². The van der Waals surface area contributed by atoms with E-state index < -0.39 is 0 Å². The lowest BCUT2D eigenvalue weighted by molar-refractivity contribution is 0.284. The average molecular weight is 518 g/mol. The number of aromatic nitrogens is 1. The molecular formula is C23H27IN4O2. The molecule has 0 saturated heterocycles. The van der Waals surface area contributed by atoms with Crippen molar-refractivity contribution in [2.45, 2.75) is 19.7 Å². The van der Waals surface area contributed by atoms with Crippen LogP contribution in [0.3, 0.4) is 0 Å². The van der Waals surface area contributed by atoms with Gasteiger partial charge in [-0.2, -0.15) is 0 Å². The lowest BCUT2D eigenvalue weighted by atomic mass is 10.2. The van der Waals surface area contributed by atoms with Gasteiger partial charge in [0, 0.05) is 19.8 Å². The van der Waals surface area contributed by atoms with Gasteiger partial charge in [-0.05, 0) is 35.4 Å². The minimum Gasteiger partial charge on any atom is -0.493 e. The largest absolute Gasteiger partial charge is 0.493 e. The molecular weight excluding hydrogens is 491 g/mol. The predicted octanol–water partition coefficient (Wildman–Crippen LogP) is 4.15. The lowest BCUT2D eigenvalue weighted by Crippen LogP contribution is -2.36. The first-order chi connectivity index (χ1) is 14.3. The van der Waals surface area contributed by atoms with Crippen LogP contribution in [0.2, 0.25) is 0 Å². The number of nitrogens with zero attached hydrogens (tertiary/aromatic N) is 2. The number of pyridine rings is 1. The van der Waals surface area contributed by atoms with Crippen molar-refractivity contribution in [1.82, 2.24) is 15.6 Å².